The number of fused-ring (bicyclic) bond motifs is 1. The van der Waals surface area contributed by atoms with Crippen molar-refractivity contribution in [3.63, 3.8) is 0 Å². The van der Waals surface area contributed by atoms with Gasteiger partial charge in [0, 0.05) is 42.5 Å². The summed E-state index contributed by atoms with van der Waals surface area (Å²) in [6.45, 7) is 9.69. The third-order valence-corrected chi connectivity index (χ3v) is 5.86. The lowest BCUT2D eigenvalue weighted by molar-refractivity contribution is -0.116. The maximum Gasteiger partial charge on any atom is 0.244 e. The Morgan fingerprint density at radius 2 is 2.06 bits per heavy atom. The molecule has 31 heavy (non-hydrogen) atoms. The van der Waals surface area contributed by atoms with E-state index in [4.69, 9.17) is 0 Å². The van der Waals surface area contributed by atoms with Crippen LogP contribution < -0.4 is 5.32 Å². The van der Waals surface area contributed by atoms with E-state index in [9.17, 15) is 4.79 Å². The lowest BCUT2D eigenvalue weighted by Gasteiger charge is -2.15. The second kappa shape index (κ2) is 8.91. The molecule has 1 amide bonds. The Kier molecular flexibility index (Phi) is 6.06. The fourth-order valence-electron chi connectivity index (χ4n) is 4.26. The highest BCUT2D eigenvalue weighted by Crippen LogP contribution is 2.23. The SMILES string of the molecule is Cc1cc(/C=C/C(=O)NCc2nnc3n2CCCCC3)c(C)n1-c1ccnn1C(C)C. The zero-order valence-corrected chi connectivity index (χ0v) is 18.8. The van der Waals surface area contributed by atoms with E-state index in [2.05, 4.69) is 63.5 Å². The molecule has 8 heteroatoms. The Hall–Kier alpha value is -3.16. The molecule has 0 aromatic carbocycles. The highest BCUT2D eigenvalue weighted by molar-refractivity contribution is 5.91. The van der Waals surface area contributed by atoms with Crippen LogP contribution in [0.2, 0.25) is 0 Å². The van der Waals surface area contributed by atoms with Crippen LogP contribution in [0.4, 0.5) is 0 Å². The number of amides is 1. The fraction of sp³-hybridized carbons (Fsp3) is 0.478. The second-order valence-electron chi connectivity index (χ2n) is 8.44. The summed E-state index contributed by atoms with van der Waals surface area (Å²) in [6.07, 6.45) is 9.75. The van der Waals surface area contributed by atoms with Gasteiger partial charge in [-0.05, 0) is 58.2 Å². The molecule has 0 saturated heterocycles. The minimum absolute atomic E-state index is 0.136. The minimum atomic E-state index is -0.136. The van der Waals surface area contributed by atoms with Crippen LogP contribution >= 0.6 is 0 Å². The van der Waals surface area contributed by atoms with Crippen molar-refractivity contribution in [2.45, 2.75) is 72.5 Å². The Morgan fingerprint density at radius 1 is 1.23 bits per heavy atom. The summed E-state index contributed by atoms with van der Waals surface area (Å²) in [4.78, 5) is 12.4. The lowest BCUT2D eigenvalue weighted by atomic mass is 10.2. The lowest BCUT2D eigenvalue weighted by Crippen LogP contribution is -2.23. The zero-order valence-electron chi connectivity index (χ0n) is 18.8. The molecule has 1 aliphatic rings. The molecule has 4 rings (SSSR count). The summed E-state index contributed by atoms with van der Waals surface area (Å²) in [7, 11) is 0. The van der Waals surface area contributed by atoms with Crippen molar-refractivity contribution in [1.29, 1.82) is 0 Å². The number of nitrogens with zero attached hydrogens (tertiary/aromatic N) is 6. The van der Waals surface area contributed by atoms with E-state index in [1.165, 1.54) is 6.42 Å². The van der Waals surface area contributed by atoms with Gasteiger partial charge in [-0.25, -0.2) is 4.68 Å². The van der Waals surface area contributed by atoms with E-state index >= 15 is 0 Å². The highest BCUT2D eigenvalue weighted by atomic mass is 16.1. The smallest absolute Gasteiger partial charge is 0.244 e. The molecule has 0 bridgehead atoms. The predicted octanol–water partition coefficient (Wildman–Crippen LogP) is 3.52. The summed E-state index contributed by atoms with van der Waals surface area (Å²) in [5.74, 6) is 2.76. The van der Waals surface area contributed by atoms with Gasteiger partial charge in [-0.2, -0.15) is 5.10 Å². The monoisotopic (exact) mass is 421 g/mol. The quantitative estimate of drug-likeness (QED) is 0.618. The van der Waals surface area contributed by atoms with Crippen molar-refractivity contribution >= 4 is 12.0 Å². The third-order valence-electron chi connectivity index (χ3n) is 5.86. The number of nitrogens with one attached hydrogen (secondary N) is 1. The molecule has 1 N–H and O–H groups in total. The van der Waals surface area contributed by atoms with Crippen LogP contribution in [0.15, 0.2) is 24.4 Å². The molecule has 0 spiro atoms. The summed E-state index contributed by atoms with van der Waals surface area (Å²) in [6, 6.07) is 4.37. The van der Waals surface area contributed by atoms with E-state index in [1.54, 1.807) is 6.08 Å². The summed E-state index contributed by atoms with van der Waals surface area (Å²) in [5.41, 5.74) is 3.19. The number of hydrogen-bond acceptors (Lipinski definition) is 4. The van der Waals surface area contributed by atoms with Crippen molar-refractivity contribution in [3.8, 4) is 5.82 Å². The molecule has 3 aromatic heterocycles. The van der Waals surface area contributed by atoms with Gasteiger partial charge in [-0.15, -0.1) is 10.2 Å². The van der Waals surface area contributed by atoms with Gasteiger partial charge in [-0.3, -0.25) is 4.79 Å². The van der Waals surface area contributed by atoms with Crippen LogP contribution in [0, 0.1) is 13.8 Å². The minimum Gasteiger partial charge on any atom is -0.345 e. The number of aromatic nitrogens is 6. The van der Waals surface area contributed by atoms with Crippen LogP contribution in [-0.4, -0.2) is 35.0 Å². The Labute approximate surface area is 183 Å². The van der Waals surface area contributed by atoms with Gasteiger partial charge in [0.15, 0.2) is 5.82 Å². The maximum absolute atomic E-state index is 12.4. The van der Waals surface area contributed by atoms with Gasteiger partial charge >= 0.3 is 0 Å². The van der Waals surface area contributed by atoms with Crippen LogP contribution in [0.25, 0.3) is 11.9 Å². The van der Waals surface area contributed by atoms with Crippen LogP contribution in [0.1, 0.15) is 67.8 Å². The average molecular weight is 422 g/mol. The number of aryl methyl sites for hydroxylation is 2. The van der Waals surface area contributed by atoms with E-state index in [0.29, 0.717) is 6.54 Å². The molecule has 8 nitrogen and oxygen atoms in total. The molecule has 0 atom stereocenters. The normalized spacial score (nSPS) is 14.2. The number of carbonyl (C=O) groups is 1. The van der Waals surface area contributed by atoms with Crippen molar-refractivity contribution in [2.75, 3.05) is 0 Å². The predicted molar refractivity (Wildman–Crippen MR) is 120 cm³/mol. The molecule has 164 valence electrons. The zero-order chi connectivity index (χ0) is 22.0. The molecule has 0 radical (unpaired) electrons. The topological polar surface area (TPSA) is 82.6 Å². The average Bonchev–Trinajstić information content (AvgIpc) is 3.38. The van der Waals surface area contributed by atoms with Gasteiger partial charge in [0.2, 0.25) is 5.91 Å². The molecular weight excluding hydrogens is 390 g/mol. The molecule has 0 fully saturated rings. The largest absolute Gasteiger partial charge is 0.345 e. The number of carbonyl (C=O) groups excluding carboxylic acids is 1. The summed E-state index contributed by atoms with van der Waals surface area (Å²) < 4.78 is 6.33. The van der Waals surface area contributed by atoms with Crippen molar-refractivity contribution in [2.24, 2.45) is 0 Å². The Morgan fingerprint density at radius 3 is 2.87 bits per heavy atom. The molecule has 3 aromatic rings. The Balaban J connectivity index is 1.45. The molecule has 0 unspecified atom stereocenters. The second-order valence-corrected chi connectivity index (χ2v) is 8.44. The first-order valence-corrected chi connectivity index (χ1v) is 11.1. The summed E-state index contributed by atoms with van der Waals surface area (Å²) >= 11 is 0. The first-order valence-electron chi connectivity index (χ1n) is 11.1. The third kappa shape index (κ3) is 4.33. The molecule has 0 saturated carbocycles. The van der Waals surface area contributed by atoms with Crippen molar-refractivity contribution < 1.29 is 4.79 Å². The maximum atomic E-state index is 12.4. The summed E-state index contributed by atoms with van der Waals surface area (Å²) in [5, 5.41) is 16.0. The Bertz CT molecular complexity index is 1100. The molecule has 0 aliphatic carbocycles. The van der Waals surface area contributed by atoms with Crippen LogP contribution in [0.3, 0.4) is 0 Å². The van der Waals surface area contributed by atoms with Crippen molar-refractivity contribution in [1.82, 2.24) is 34.4 Å². The van der Waals surface area contributed by atoms with E-state index in [0.717, 1.165) is 60.2 Å². The molecular formula is C23H31N7O. The molecule has 1 aliphatic heterocycles. The van der Waals surface area contributed by atoms with Gasteiger partial charge in [0.05, 0.1) is 12.7 Å². The van der Waals surface area contributed by atoms with E-state index in [-0.39, 0.29) is 11.9 Å². The van der Waals surface area contributed by atoms with Crippen LogP contribution in [-0.2, 0) is 24.3 Å². The highest BCUT2D eigenvalue weighted by Gasteiger charge is 2.16. The van der Waals surface area contributed by atoms with Gasteiger partial charge in [-0.1, -0.05) is 6.42 Å². The van der Waals surface area contributed by atoms with Crippen molar-refractivity contribution in [3.05, 3.63) is 53.0 Å². The van der Waals surface area contributed by atoms with Crippen LogP contribution in [0.5, 0.6) is 0 Å². The van der Waals surface area contributed by atoms with Gasteiger partial charge in [0.1, 0.15) is 11.6 Å². The fourth-order valence-corrected chi connectivity index (χ4v) is 4.26. The first-order chi connectivity index (χ1) is 15.0. The number of hydrogen-bond donors (Lipinski definition) is 1. The van der Waals surface area contributed by atoms with E-state index in [1.807, 2.05) is 23.0 Å². The number of rotatable bonds is 6. The van der Waals surface area contributed by atoms with Gasteiger partial charge < -0.3 is 14.5 Å². The van der Waals surface area contributed by atoms with E-state index < -0.39 is 0 Å². The van der Waals surface area contributed by atoms with Gasteiger partial charge in [0.25, 0.3) is 0 Å². The molecule has 4 heterocycles. The standard InChI is InChI=1S/C23H31N7O/c1-16(2)30-23(11-12-25-30)29-17(3)14-19(18(29)4)9-10-22(31)24-15-21-27-26-20-8-6-5-7-13-28(20)21/h9-12,14,16H,5-8,13,15H2,1-4H3,(H,24,31)/b10-9+. The first kappa shape index (κ1) is 21.1.